The molecule has 0 radical (unpaired) electrons. The van der Waals surface area contributed by atoms with Gasteiger partial charge in [0.05, 0.1) is 6.04 Å². The normalized spacial score (nSPS) is 13.8. The summed E-state index contributed by atoms with van der Waals surface area (Å²) in [6, 6.07) is 8.27. The van der Waals surface area contributed by atoms with Crippen molar-refractivity contribution in [3.8, 4) is 0 Å². The molecule has 2 aromatic heterocycles. The molecule has 0 saturated carbocycles. The molecule has 0 spiro atoms. The van der Waals surface area contributed by atoms with E-state index in [-0.39, 0.29) is 0 Å². The second-order valence-corrected chi connectivity index (χ2v) is 5.29. The van der Waals surface area contributed by atoms with Gasteiger partial charge in [0.25, 0.3) is 0 Å². The van der Waals surface area contributed by atoms with Crippen molar-refractivity contribution in [2.24, 2.45) is 5.73 Å². The molecule has 0 amide bonds. The molecule has 0 aliphatic rings. The fraction of sp³-hybridized carbons (Fsp3) is 0.154. The quantitative estimate of drug-likeness (QED) is 0.779. The number of thiazole rings is 1. The molecule has 0 aliphatic carbocycles. The first-order valence-corrected chi connectivity index (χ1v) is 6.54. The summed E-state index contributed by atoms with van der Waals surface area (Å²) in [5.41, 5.74) is 6.60. The molecule has 1 atom stereocenters. The zero-order valence-corrected chi connectivity index (χ0v) is 10.8. The zero-order valence-electron chi connectivity index (χ0n) is 10.0. The van der Waals surface area contributed by atoms with E-state index >= 15 is 0 Å². The molecule has 20 heavy (non-hydrogen) atoms. The van der Waals surface area contributed by atoms with E-state index in [9.17, 15) is 13.2 Å². The fourth-order valence-corrected chi connectivity index (χ4v) is 2.65. The number of hydrogen-bond acceptors (Lipinski definition) is 4. The monoisotopic (exact) mass is 298 g/mol. The van der Waals surface area contributed by atoms with Crippen molar-refractivity contribution in [1.29, 1.82) is 0 Å². The third kappa shape index (κ3) is 2.30. The van der Waals surface area contributed by atoms with Gasteiger partial charge in [-0.05, 0) is 12.1 Å². The molecular formula is C13H9F3N2OS. The highest BCUT2D eigenvalue weighted by Crippen LogP contribution is 2.36. The number of para-hydroxylation sites is 1. The Morgan fingerprint density at radius 1 is 1.25 bits per heavy atom. The number of aromatic nitrogens is 1. The molecule has 104 valence electrons. The van der Waals surface area contributed by atoms with Crippen LogP contribution in [0.3, 0.4) is 0 Å². The number of benzene rings is 1. The second kappa shape index (κ2) is 4.60. The summed E-state index contributed by atoms with van der Waals surface area (Å²) in [6.45, 7) is 0. The summed E-state index contributed by atoms with van der Waals surface area (Å²) in [4.78, 5) is 3.68. The van der Waals surface area contributed by atoms with E-state index in [2.05, 4.69) is 4.98 Å². The van der Waals surface area contributed by atoms with E-state index in [0.717, 1.165) is 11.6 Å². The highest BCUT2D eigenvalue weighted by Gasteiger charge is 2.35. The lowest BCUT2D eigenvalue weighted by molar-refractivity contribution is -0.137. The van der Waals surface area contributed by atoms with Gasteiger partial charge in [0, 0.05) is 16.5 Å². The highest BCUT2D eigenvalue weighted by atomic mass is 32.1. The lowest BCUT2D eigenvalue weighted by Crippen LogP contribution is -2.09. The maximum Gasteiger partial charge on any atom is 0.443 e. The molecule has 3 aromatic rings. The third-order valence-electron chi connectivity index (χ3n) is 2.82. The van der Waals surface area contributed by atoms with Crippen LogP contribution in [-0.4, -0.2) is 4.98 Å². The minimum atomic E-state index is -4.45. The van der Waals surface area contributed by atoms with Gasteiger partial charge in [-0.2, -0.15) is 13.2 Å². The standard InChI is InChI=1S/C13H9F3N2OS/c14-13(15,16)12-18-6-10(20-12)11(17)9-5-7-3-1-2-4-8(7)19-9/h1-6,11H,17H2. The van der Waals surface area contributed by atoms with E-state index in [1.54, 1.807) is 12.1 Å². The van der Waals surface area contributed by atoms with Crippen LogP contribution in [0.2, 0.25) is 0 Å². The smallest absolute Gasteiger partial charge is 0.443 e. The van der Waals surface area contributed by atoms with Gasteiger partial charge in [-0.3, -0.25) is 0 Å². The summed E-state index contributed by atoms with van der Waals surface area (Å²) in [6.07, 6.45) is -3.30. The van der Waals surface area contributed by atoms with Gasteiger partial charge in [0.2, 0.25) is 0 Å². The van der Waals surface area contributed by atoms with Crippen LogP contribution in [0.25, 0.3) is 11.0 Å². The number of alkyl halides is 3. The Bertz CT molecular complexity index is 714. The lowest BCUT2D eigenvalue weighted by Gasteiger charge is -2.04. The molecule has 3 rings (SSSR count). The minimum Gasteiger partial charge on any atom is -0.459 e. The predicted octanol–water partition coefficient (Wildman–Crippen LogP) is 3.96. The third-order valence-corrected chi connectivity index (χ3v) is 3.95. The number of nitrogens with two attached hydrogens (primary N) is 1. The first kappa shape index (κ1) is 13.1. The van der Waals surface area contributed by atoms with Gasteiger partial charge in [-0.25, -0.2) is 4.98 Å². The average Bonchev–Trinajstić information content (AvgIpc) is 3.04. The molecule has 7 heteroatoms. The molecule has 2 heterocycles. The van der Waals surface area contributed by atoms with E-state index < -0.39 is 17.2 Å². The van der Waals surface area contributed by atoms with Crippen molar-refractivity contribution in [3.05, 3.63) is 52.2 Å². The average molecular weight is 298 g/mol. The molecule has 0 bridgehead atoms. The van der Waals surface area contributed by atoms with Gasteiger partial charge >= 0.3 is 6.18 Å². The van der Waals surface area contributed by atoms with Crippen molar-refractivity contribution in [2.75, 3.05) is 0 Å². The van der Waals surface area contributed by atoms with E-state index in [0.29, 0.717) is 27.6 Å². The molecule has 2 N–H and O–H groups in total. The van der Waals surface area contributed by atoms with E-state index in [1.165, 1.54) is 0 Å². The fourth-order valence-electron chi connectivity index (χ4n) is 1.86. The van der Waals surface area contributed by atoms with Crippen LogP contribution in [-0.2, 0) is 6.18 Å². The van der Waals surface area contributed by atoms with Gasteiger partial charge in [-0.15, -0.1) is 11.3 Å². The maximum atomic E-state index is 12.5. The number of rotatable bonds is 2. The number of halogens is 3. The van der Waals surface area contributed by atoms with Crippen molar-refractivity contribution >= 4 is 22.3 Å². The SMILES string of the molecule is NC(c1cc2ccccc2o1)c1cnc(C(F)(F)F)s1. The lowest BCUT2D eigenvalue weighted by atomic mass is 10.2. The Kier molecular flexibility index (Phi) is 3.02. The summed E-state index contributed by atoms with van der Waals surface area (Å²) in [5.74, 6) is 0.420. The van der Waals surface area contributed by atoms with Crippen molar-refractivity contribution in [3.63, 3.8) is 0 Å². The van der Waals surface area contributed by atoms with Gasteiger partial charge in [0.15, 0.2) is 5.01 Å². The van der Waals surface area contributed by atoms with E-state index in [4.69, 9.17) is 10.2 Å². The summed E-state index contributed by atoms with van der Waals surface area (Å²) < 4.78 is 43.1. The van der Waals surface area contributed by atoms with Crippen LogP contribution in [0.4, 0.5) is 13.2 Å². The van der Waals surface area contributed by atoms with Crippen LogP contribution in [0.15, 0.2) is 40.9 Å². The molecule has 0 aliphatic heterocycles. The molecular weight excluding hydrogens is 289 g/mol. The minimum absolute atomic E-state index is 0.316. The van der Waals surface area contributed by atoms with Gasteiger partial charge in [-0.1, -0.05) is 18.2 Å². The van der Waals surface area contributed by atoms with Crippen molar-refractivity contribution in [1.82, 2.24) is 4.98 Å². The van der Waals surface area contributed by atoms with Crippen LogP contribution in [0.1, 0.15) is 21.7 Å². The topological polar surface area (TPSA) is 52.0 Å². The molecule has 3 nitrogen and oxygen atoms in total. The summed E-state index contributed by atoms with van der Waals surface area (Å²) in [5, 5.41) is -0.0439. The Morgan fingerprint density at radius 3 is 2.65 bits per heavy atom. The number of fused-ring (bicyclic) bond motifs is 1. The van der Waals surface area contributed by atoms with Crippen LogP contribution in [0.5, 0.6) is 0 Å². The first-order valence-electron chi connectivity index (χ1n) is 5.72. The van der Waals surface area contributed by atoms with Gasteiger partial charge in [0.1, 0.15) is 11.3 Å². The van der Waals surface area contributed by atoms with Crippen molar-refractivity contribution < 1.29 is 17.6 Å². The number of furan rings is 1. The number of nitrogens with zero attached hydrogens (tertiary/aromatic N) is 1. The largest absolute Gasteiger partial charge is 0.459 e. The molecule has 1 aromatic carbocycles. The first-order chi connectivity index (χ1) is 9.45. The number of hydrogen-bond donors (Lipinski definition) is 1. The van der Waals surface area contributed by atoms with Crippen LogP contribution in [0, 0.1) is 0 Å². The Morgan fingerprint density at radius 2 is 2.00 bits per heavy atom. The predicted molar refractivity (Wildman–Crippen MR) is 69.4 cm³/mol. The highest BCUT2D eigenvalue weighted by molar-refractivity contribution is 7.11. The Hall–Kier alpha value is -1.86. The zero-order chi connectivity index (χ0) is 14.3. The second-order valence-electron chi connectivity index (χ2n) is 4.23. The Balaban J connectivity index is 1.95. The van der Waals surface area contributed by atoms with Gasteiger partial charge < -0.3 is 10.2 Å². The summed E-state index contributed by atoms with van der Waals surface area (Å²) in [7, 11) is 0. The van der Waals surface area contributed by atoms with Crippen LogP contribution >= 0.6 is 11.3 Å². The van der Waals surface area contributed by atoms with E-state index in [1.807, 2.05) is 18.2 Å². The Labute approximate surface area is 115 Å². The molecule has 0 fully saturated rings. The molecule has 0 saturated heterocycles. The van der Waals surface area contributed by atoms with Crippen LogP contribution < -0.4 is 5.73 Å². The summed E-state index contributed by atoms with van der Waals surface area (Å²) >= 11 is 0.532. The molecule has 1 unspecified atom stereocenters. The van der Waals surface area contributed by atoms with Crippen molar-refractivity contribution in [2.45, 2.75) is 12.2 Å². The maximum absolute atomic E-state index is 12.5.